The first-order valence-corrected chi connectivity index (χ1v) is 13.0. The molecular weight excluding hydrogens is 418 g/mol. The Labute approximate surface area is 201 Å². The molecule has 1 rings (SSSR count). The van der Waals surface area contributed by atoms with Crippen LogP contribution in [0, 0.1) is 17.8 Å². The van der Waals surface area contributed by atoms with Crippen LogP contribution in [0.1, 0.15) is 85.5 Å². The number of carboxylic acid groups (broad SMARTS) is 1. The van der Waals surface area contributed by atoms with E-state index in [0.29, 0.717) is 38.5 Å². The molecule has 0 aromatic carbocycles. The minimum Gasteiger partial charge on any atom is -0.481 e. The van der Waals surface area contributed by atoms with Gasteiger partial charge in [0.05, 0.1) is 23.7 Å². The van der Waals surface area contributed by atoms with Gasteiger partial charge in [-0.3, -0.25) is 4.79 Å². The smallest absolute Gasteiger partial charge is 0.306 e. The Morgan fingerprint density at radius 1 is 1.09 bits per heavy atom. The molecule has 1 aliphatic rings. The first-order valence-electron chi connectivity index (χ1n) is 13.0. The summed E-state index contributed by atoms with van der Waals surface area (Å²) in [5, 5.41) is 41.0. The fourth-order valence-corrected chi connectivity index (χ4v) is 4.78. The van der Waals surface area contributed by atoms with Crippen LogP contribution in [-0.2, 0) is 4.79 Å². The van der Waals surface area contributed by atoms with Crippen molar-refractivity contribution >= 4 is 5.97 Å². The van der Waals surface area contributed by atoms with Crippen molar-refractivity contribution < 1.29 is 25.2 Å². The molecule has 0 aromatic rings. The Balaban J connectivity index is 2.58. The lowest BCUT2D eigenvalue weighted by Crippen LogP contribution is -2.27. The molecule has 0 bridgehead atoms. The summed E-state index contributed by atoms with van der Waals surface area (Å²) in [6.07, 6.45) is 13.3. The lowest BCUT2D eigenvalue weighted by Gasteiger charge is -2.23. The summed E-state index contributed by atoms with van der Waals surface area (Å²) in [7, 11) is 0. The van der Waals surface area contributed by atoms with Crippen molar-refractivity contribution in [2.45, 2.75) is 103 Å². The molecule has 1 fully saturated rings. The highest BCUT2D eigenvalue weighted by molar-refractivity contribution is 5.69. The molecule has 1 saturated carbocycles. The van der Waals surface area contributed by atoms with E-state index in [1.54, 1.807) is 13.0 Å². The SMILES string of the molecule is CCCCCC(C)(O)C=C[C@H]1C(O)CC(O)[C@@H]1CC=CCCC(CCN(CC)CC)C(=O)O. The second kappa shape index (κ2) is 15.6. The van der Waals surface area contributed by atoms with E-state index in [1.165, 1.54) is 0 Å². The average molecular weight is 468 g/mol. The van der Waals surface area contributed by atoms with E-state index < -0.39 is 23.8 Å². The number of aliphatic carboxylic acids is 1. The lowest BCUT2D eigenvalue weighted by molar-refractivity contribution is -0.142. The Bertz CT molecular complexity index is 599. The van der Waals surface area contributed by atoms with Gasteiger partial charge in [-0.2, -0.15) is 0 Å². The van der Waals surface area contributed by atoms with Gasteiger partial charge in [-0.05, 0) is 64.6 Å². The Morgan fingerprint density at radius 2 is 1.79 bits per heavy atom. The third-order valence-electron chi connectivity index (χ3n) is 7.17. The van der Waals surface area contributed by atoms with E-state index in [4.69, 9.17) is 0 Å². The van der Waals surface area contributed by atoms with E-state index >= 15 is 0 Å². The zero-order valence-electron chi connectivity index (χ0n) is 21.3. The number of aliphatic hydroxyl groups is 3. The van der Waals surface area contributed by atoms with Crippen LogP contribution in [-0.4, -0.2) is 68.7 Å². The summed E-state index contributed by atoms with van der Waals surface area (Å²) in [5.41, 5.74) is -0.903. The quantitative estimate of drug-likeness (QED) is 0.187. The second-order valence-corrected chi connectivity index (χ2v) is 9.92. The maximum Gasteiger partial charge on any atom is 0.306 e. The number of unbranched alkanes of at least 4 members (excludes halogenated alkanes) is 2. The number of hydrogen-bond donors (Lipinski definition) is 4. The highest BCUT2D eigenvalue weighted by Gasteiger charge is 2.39. The third-order valence-corrected chi connectivity index (χ3v) is 7.17. The van der Waals surface area contributed by atoms with Crippen molar-refractivity contribution in [3.05, 3.63) is 24.3 Å². The molecule has 0 radical (unpaired) electrons. The topological polar surface area (TPSA) is 101 Å². The van der Waals surface area contributed by atoms with Crippen LogP contribution in [0.3, 0.4) is 0 Å². The third kappa shape index (κ3) is 11.2. The molecule has 6 nitrogen and oxygen atoms in total. The van der Waals surface area contributed by atoms with Crippen LogP contribution in [0.25, 0.3) is 0 Å². The van der Waals surface area contributed by atoms with Crippen molar-refractivity contribution in [3.63, 3.8) is 0 Å². The predicted molar refractivity (Wildman–Crippen MR) is 134 cm³/mol. The molecule has 4 unspecified atom stereocenters. The van der Waals surface area contributed by atoms with Crippen LogP contribution < -0.4 is 0 Å². The second-order valence-electron chi connectivity index (χ2n) is 9.92. The monoisotopic (exact) mass is 467 g/mol. The van der Waals surface area contributed by atoms with Crippen molar-refractivity contribution in [2.75, 3.05) is 19.6 Å². The molecule has 6 atom stereocenters. The van der Waals surface area contributed by atoms with Gasteiger partial charge >= 0.3 is 5.97 Å². The highest BCUT2D eigenvalue weighted by atomic mass is 16.4. The standard InChI is InChI=1S/C27H49NO5/c1-5-8-12-17-27(4,33)18-15-23-22(24(29)20-25(23)30)14-11-9-10-13-21(26(31)32)16-19-28(6-2)7-3/h9,11,15,18,21-25,29-30,33H,5-8,10,12-14,16-17,19-20H2,1-4H3,(H,31,32)/t21?,22-,23-,24?,25?,27?/m1/s1. The molecule has 0 amide bonds. The number of carbonyl (C=O) groups is 1. The van der Waals surface area contributed by atoms with Gasteiger partial charge in [-0.15, -0.1) is 0 Å². The number of aliphatic hydroxyl groups excluding tert-OH is 2. The molecule has 6 heteroatoms. The molecule has 192 valence electrons. The minimum atomic E-state index is -0.903. The number of rotatable bonds is 17. The maximum absolute atomic E-state index is 11.6. The van der Waals surface area contributed by atoms with E-state index in [9.17, 15) is 25.2 Å². The van der Waals surface area contributed by atoms with E-state index in [1.807, 2.05) is 18.2 Å². The van der Waals surface area contributed by atoms with Crippen LogP contribution in [0.2, 0.25) is 0 Å². The minimum absolute atomic E-state index is 0.100. The number of nitrogens with zero attached hydrogens (tertiary/aromatic N) is 1. The molecule has 1 aliphatic carbocycles. The number of hydrogen-bond acceptors (Lipinski definition) is 5. The largest absolute Gasteiger partial charge is 0.481 e. The zero-order valence-corrected chi connectivity index (χ0v) is 21.3. The molecule has 33 heavy (non-hydrogen) atoms. The zero-order chi connectivity index (χ0) is 24.9. The lowest BCUT2D eigenvalue weighted by atomic mass is 9.87. The first-order chi connectivity index (χ1) is 15.6. The van der Waals surface area contributed by atoms with Gasteiger partial charge in [0.1, 0.15) is 0 Å². The predicted octanol–water partition coefficient (Wildman–Crippen LogP) is 4.39. The fourth-order valence-electron chi connectivity index (χ4n) is 4.78. The maximum atomic E-state index is 11.6. The summed E-state index contributed by atoms with van der Waals surface area (Å²) >= 11 is 0. The Morgan fingerprint density at radius 3 is 2.39 bits per heavy atom. The summed E-state index contributed by atoms with van der Waals surface area (Å²) in [6, 6.07) is 0. The van der Waals surface area contributed by atoms with Crippen molar-refractivity contribution in [1.29, 1.82) is 0 Å². The fraction of sp³-hybridized carbons (Fsp3) is 0.815. The highest BCUT2D eigenvalue weighted by Crippen LogP contribution is 2.37. The number of carboxylic acids is 1. The molecule has 0 aromatic heterocycles. The van der Waals surface area contributed by atoms with Gasteiger partial charge in [-0.1, -0.05) is 64.3 Å². The van der Waals surface area contributed by atoms with E-state index in [2.05, 4.69) is 25.7 Å². The normalized spacial score (nSPS) is 26.4. The molecular formula is C27H49NO5. The first kappa shape index (κ1) is 29.8. The Kier molecular flexibility index (Phi) is 14.1. The Hall–Kier alpha value is -1.21. The van der Waals surface area contributed by atoms with E-state index in [-0.39, 0.29) is 17.8 Å². The van der Waals surface area contributed by atoms with Crippen LogP contribution >= 0.6 is 0 Å². The van der Waals surface area contributed by atoms with Gasteiger partial charge in [0.15, 0.2) is 0 Å². The van der Waals surface area contributed by atoms with Crippen molar-refractivity contribution in [2.24, 2.45) is 17.8 Å². The van der Waals surface area contributed by atoms with Gasteiger partial charge < -0.3 is 25.3 Å². The van der Waals surface area contributed by atoms with Gasteiger partial charge in [0.2, 0.25) is 0 Å². The van der Waals surface area contributed by atoms with E-state index in [0.717, 1.165) is 38.9 Å². The summed E-state index contributed by atoms with van der Waals surface area (Å²) in [5.74, 6) is -1.37. The van der Waals surface area contributed by atoms with Crippen LogP contribution in [0.4, 0.5) is 0 Å². The van der Waals surface area contributed by atoms with Crippen LogP contribution in [0.5, 0.6) is 0 Å². The number of allylic oxidation sites excluding steroid dienone is 2. The van der Waals surface area contributed by atoms with Crippen molar-refractivity contribution in [1.82, 2.24) is 4.90 Å². The van der Waals surface area contributed by atoms with Gasteiger partial charge in [0, 0.05) is 12.3 Å². The molecule has 0 saturated heterocycles. The molecule has 0 aliphatic heterocycles. The van der Waals surface area contributed by atoms with Gasteiger partial charge in [0.25, 0.3) is 0 Å². The summed E-state index contributed by atoms with van der Waals surface area (Å²) in [4.78, 5) is 13.8. The average Bonchev–Trinajstić information content (AvgIpc) is 3.03. The van der Waals surface area contributed by atoms with Crippen LogP contribution in [0.15, 0.2) is 24.3 Å². The summed E-state index contributed by atoms with van der Waals surface area (Å²) < 4.78 is 0. The molecule has 4 N–H and O–H groups in total. The van der Waals surface area contributed by atoms with Crippen molar-refractivity contribution in [3.8, 4) is 0 Å². The summed E-state index contributed by atoms with van der Waals surface area (Å²) in [6.45, 7) is 10.8. The van der Waals surface area contributed by atoms with Gasteiger partial charge in [-0.25, -0.2) is 0 Å². The molecule has 0 heterocycles. The molecule has 0 spiro atoms.